The number of aryl methyl sites for hydroxylation is 1. The molecule has 0 atom stereocenters. The summed E-state index contributed by atoms with van der Waals surface area (Å²) in [5, 5.41) is 7.45. The summed E-state index contributed by atoms with van der Waals surface area (Å²) in [6.45, 7) is 4.20. The first kappa shape index (κ1) is 24.6. The molecule has 200 valence electrons. The molecule has 0 spiro atoms. The third-order valence-electron chi connectivity index (χ3n) is 8.85. The SMILES string of the molecule is C/C=C\c1ccc2c(oc3ccc(C4=c5ccccc5=C(c5cccc6ccccc56)Cc5ccccc54)cc32)c1C. The van der Waals surface area contributed by atoms with Crippen LogP contribution in [0, 0.1) is 6.92 Å². The number of rotatable bonds is 3. The quantitative estimate of drug-likeness (QED) is 0.219. The van der Waals surface area contributed by atoms with Crippen LogP contribution >= 0.6 is 0 Å². The van der Waals surface area contributed by atoms with E-state index >= 15 is 0 Å². The maximum Gasteiger partial charge on any atom is 0.138 e. The average molecular weight is 539 g/mol. The van der Waals surface area contributed by atoms with E-state index in [4.69, 9.17) is 4.42 Å². The highest BCUT2D eigenvalue weighted by Gasteiger charge is 2.20. The van der Waals surface area contributed by atoms with Gasteiger partial charge in [0.05, 0.1) is 0 Å². The van der Waals surface area contributed by atoms with Crippen LogP contribution in [0.1, 0.15) is 40.3 Å². The van der Waals surface area contributed by atoms with Crippen molar-refractivity contribution in [2.45, 2.75) is 20.3 Å². The van der Waals surface area contributed by atoms with E-state index in [2.05, 4.69) is 147 Å². The van der Waals surface area contributed by atoms with Gasteiger partial charge in [-0.3, -0.25) is 0 Å². The molecule has 8 rings (SSSR count). The molecule has 0 fully saturated rings. The number of furan rings is 1. The van der Waals surface area contributed by atoms with E-state index in [1.165, 1.54) is 65.7 Å². The largest absolute Gasteiger partial charge is 0.456 e. The number of benzene rings is 6. The summed E-state index contributed by atoms with van der Waals surface area (Å²) in [5.41, 5.74) is 12.1. The monoisotopic (exact) mass is 538 g/mol. The number of allylic oxidation sites excluding steroid dienone is 1. The van der Waals surface area contributed by atoms with Crippen LogP contribution in [0.25, 0.3) is 49.9 Å². The first-order valence-electron chi connectivity index (χ1n) is 14.7. The van der Waals surface area contributed by atoms with Crippen LogP contribution in [0.3, 0.4) is 0 Å². The zero-order valence-corrected chi connectivity index (χ0v) is 23.8. The molecule has 0 saturated heterocycles. The van der Waals surface area contributed by atoms with Gasteiger partial charge in [0.25, 0.3) is 0 Å². The van der Waals surface area contributed by atoms with Crippen molar-refractivity contribution in [2.75, 3.05) is 0 Å². The van der Waals surface area contributed by atoms with Crippen LogP contribution in [0.2, 0.25) is 0 Å². The Morgan fingerprint density at radius 1 is 0.643 bits per heavy atom. The second-order valence-electron chi connectivity index (χ2n) is 11.2. The van der Waals surface area contributed by atoms with Crippen LogP contribution in [0.15, 0.2) is 132 Å². The van der Waals surface area contributed by atoms with Gasteiger partial charge in [0.2, 0.25) is 0 Å². The fourth-order valence-electron chi connectivity index (χ4n) is 6.86. The Morgan fingerprint density at radius 2 is 1.40 bits per heavy atom. The van der Waals surface area contributed by atoms with Crippen molar-refractivity contribution in [3.8, 4) is 0 Å². The molecule has 1 aliphatic carbocycles. The minimum Gasteiger partial charge on any atom is -0.456 e. The van der Waals surface area contributed by atoms with Gasteiger partial charge in [-0.1, -0.05) is 115 Å². The van der Waals surface area contributed by atoms with E-state index in [9.17, 15) is 0 Å². The van der Waals surface area contributed by atoms with Gasteiger partial charge < -0.3 is 4.42 Å². The maximum absolute atomic E-state index is 6.44. The van der Waals surface area contributed by atoms with E-state index in [1.54, 1.807) is 0 Å². The Labute approximate surface area is 245 Å². The molecule has 0 bridgehead atoms. The van der Waals surface area contributed by atoms with Gasteiger partial charge in [-0.25, -0.2) is 0 Å². The fraction of sp³-hybridized carbons (Fsp3) is 0.0732. The maximum atomic E-state index is 6.44. The zero-order chi connectivity index (χ0) is 28.2. The predicted octanol–water partition coefficient (Wildman–Crippen LogP) is 9.08. The standard InChI is InChI=1S/C41H30O/c1-3-11-27-20-22-36-38-25-30(21-23-39(38)42-41(36)26(27)2)40-32-16-7-5-13-29(32)24-37(34-17-8-9-18-35(34)40)33-19-10-14-28-12-4-6-15-31(28)33/h3-23,25H,24H2,1-2H3/b11-3-. The summed E-state index contributed by atoms with van der Waals surface area (Å²) in [5.74, 6) is 0. The molecular weight excluding hydrogens is 508 g/mol. The molecule has 0 saturated carbocycles. The van der Waals surface area contributed by atoms with Crippen molar-refractivity contribution in [1.29, 1.82) is 0 Å². The lowest BCUT2D eigenvalue weighted by atomic mass is 9.90. The third kappa shape index (κ3) is 3.78. The summed E-state index contributed by atoms with van der Waals surface area (Å²) in [6, 6.07) is 44.4. The van der Waals surface area contributed by atoms with Gasteiger partial charge in [0, 0.05) is 10.8 Å². The van der Waals surface area contributed by atoms with E-state index in [-0.39, 0.29) is 0 Å². The molecule has 1 aromatic heterocycles. The molecule has 0 unspecified atom stereocenters. The number of hydrogen-bond donors (Lipinski definition) is 0. The zero-order valence-electron chi connectivity index (χ0n) is 23.8. The molecule has 1 aliphatic rings. The summed E-state index contributed by atoms with van der Waals surface area (Å²) >= 11 is 0. The highest BCUT2D eigenvalue weighted by atomic mass is 16.3. The van der Waals surface area contributed by atoms with E-state index in [1.807, 2.05) is 0 Å². The molecule has 0 N–H and O–H groups in total. The average Bonchev–Trinajstić information content (AvgIpc) is 3.34. The Morgan fingerprint density at radius 3 is 2.31 bits per heavy atom. The van der Waals surface area contributed by atoms with Gasteiger partial charge in [0.1, 0.15) is 11.2 Å². The lowest BCUT2D eigenvalue weighted by Crippen LogP contribution is -2.29. The number of fused-ring (bicyclic) bond motifs is 6. The van der Waals surface area contributed by atoms with Crippen molar-refractivity contribution in [2.24, 2.45) is 0 Å². The van der Waals surface area contributed by atoms with Gasteiger partial charge in [-0.05, 0) is 104 Å². The van der Waals surface area contributed by atoms with E-state index in [0.29, 0.717) is 0 Å². The Bertz CT molecular complexity index is 2340. The number of hydrogen-bond acceptors (Lipinski definition) is 1. The third-order valence-corrected chi connectivity index (χ3v) is 8.85. The predicted molar refractivity (Wildman–Crippen MR) is 177 cm³/mol. The molecule has 7 aromatic rings. The Kier molecular flexibility index (Phi) is 5.72. The Balaban J connectivity index is 1.47. The topological polar surface area (TPSA) is 13.1 Å². The molecule has 0 amide bonds. The minimum absolute atomic E-state index is 0.870. The van der Waals surface area contributed by atoms with Crippen LogP contribution in [-0.4, -0.2) is 0 Å². The van der Waals surface area contributed by atoms with Gasteiger partial charge in [-0.15, -0.1) is 0 Å². The van der Waals surface area contributed by atoms with Crippen LogP contribution < -0.4 is 10.4 Å². The van der Waals surface area contributed by atoms with Crippen LogP contribution in [0.4, 0.5) is 0 Å². The van der Waals surface area contributed by atoms with Crippen molar-refractivity contribution in [3.63, 3.8) is 0 Å². The van der Waals surface area contributed by atoms with Crippen molar-refractivity contribution >= 4 is 49.9 Å². The molecule has 1 nitrogen and oxygen atoms in total. The van der Waals surface area contributed by atoms with Crippen molar-refractivity contribution < 1.29 is 4.42 Å². The van der Waals surface area contributed by atoms with Gasteiger partial charge in [-0.2, -0.15) is 0 Å². The molecule has 6 aromatic carbocycles. The second kappa shape index (κ2) is 9.75. The molecular formula is C41H30O. The molecule has 1 heterocycles. The molecule has 0 radical (unpaired) electrons. The summed E-state index contributed by atoms with van der Waals surface area (Å²) in [4.78, 5) is 0. The van der Waals surface area contributed by atoms with Gasteiger partial charge >= 0.3 is 0 Å². The normalized spacial score (nSPS) is 13.2. The Hall–Kier alpha value is -5.14. The lowest BCUT2D eigenvalue weighted by Gasteiger charge is -2.14. The summed E-state index contributed by atoms with van der Waals surface area (Å²) in [6.07, 6.45) is 5.09. The molecule has 1 heteroatoms. The van der Waals surface area contributed by atoms with Crippen LogP contribution in [0.5, 0.6) is 0 Å². The highest BCUT2D eigenvalue weighted by Crippen LogP contribution is 2.37. The smallest absolute Gasteiger partial charge is 0.138 e. The highest BCUT2D eigenvalue weighted by molar-refractivity contribution is 6.08. The van der Waals surface area contributed by atoms with Crippen molar-refractivity contribution in [1.82, 2.24) is 0 Å². The lowest BCUT2D eigenvalue weighted by molar-refractivity contribution is 0.665. The summed E-state index contributed by atoms with van der Waals surface area (Å²) in [7, 11) is 0. The fourth-order valence-corrected chi connectivity index (χ4v) is 6.86. The summed E-state index contributed by atoms with van der Waals surface area (Å²) < 4.78 is 6.44. The first-order chi connectivity index (χ1) is 20.7. The van der Waals surface area contributed by atoms with Gasteiger partial charge in [0.15, 0.2) is 0 Å². The van der Waals surface area contributed by atoms with Crippen molar-refractivity contribution in [3.05, 3.63) is 171 Å². The first-order valence-corrected chi connectivity index (χ1v) is 14.7. The van der Waals surface area contributed by atoms with Crippen LogP contribution in [-0.2, 0) is 6.42 Å². The minimum atomic E-state index is 0.870. The second-order valence-corrected chi connectivity index (χ2v) is 11.2. The van der Waals surface area contributed by atoms with E-state index < -0.39 is 0 Å². The molecule has 0 aliphatic heterocycles. The molecule has 42 heavy (non-hydrogen) atoms. The van der Waals surface area contributed by atoms with E-state index in [0.717, 1.165) is 28.4 Å².